The summed E-state index contributed by atoms with van der Waals surface area (Å²) < 4.78 is 4.97. The molecule has 0 heterocycles. The Balaban J connectivity index is 2.69. The lowest BCUT2D eigenvalue weighted by Crippen LogP contribution is -2.22. The summed E-state index contributed by atoms with van der Waals surface area (Å²) in [6.45, 7) is 2.12. The van der Waals surface area contributed by atoms with Crippen molar-refractivity contribution in [1.29, 1.82) is 0 Å². The first kappa shape index (κ1) is 13.9. The van der Waals surface area contributed by atoms with E-state index in [-0.39, 0.29) is 18.1 Å². The van der Waals surface area contributed by atoms with Crippen LogP contribution < -0.4 is 5.43 Å². The van der Waals surface area contributed by atoms with E-state index in [9.17, 15) is 4.79 Å². The first-order valence-corrected chi connectivity index (χ1v) is 5.45. The molecule has 0 unspecified atom stereocenters. The van der Waals surface area contributed by atoms with E-state index >= 15 is 0 Å². The average Bonchev–Trinajstić information content (AvgIpc) is 2.42. The second-order valence-electron chi connectivity index (χ2n) is 3.28. The Kier molecular flexibility index (Phi) is 6.13. The molecule has 1 rings (SSSR count). The van der Waals surface area contributed by atoms with Crippen molar-refractivity contribution in [3.05, 3.63) is 30.3 Å². The lowest BCUT2D eigenvalue weighted by molar-refractivity contribution is -0.116. The molecule has 1 aromatic rings. The number of hydrazone groups is 1. The predicted molar refractivity (Wildman–Crippen MR) is 69.3 cm³/mol. The molecule has 0 atom stereocenters. The average molecular weight is 249 g/mol. The molecule has 6 nitrogen and oxygen atoms in total. The van der Waals surface area contributed by atoms with Crippen LogP contribution in [0.3, 0.4) is 0 Å². The predicted octanol–water partition coefficient (Wildman–Crippen LogP) is 1.52. The Morgan fingerprint density at radius 1 is 1.44 bits per heavy atom. The second-order valence-corrected chi connectivity index (χ2v) is 3.28. The van der Waals surface area contributed by atoms with Crippen molar-refractivity contribution in [2.45, 2.75) is 6.92 Å². The van der Waals surface area contributed by atoms with E-state index in [0.29, 0.717) is 6.61 Å². The molecule has 0 amide bonds. The summed E-state index contributed by atoms with van der Waals surface area (Å²) in [7, 11) is 0. The van der Waals surface area contributed by atoms with Crippen LogP contribution in [0.5, 0.6) is 0 Å². The van der Waals surface area contributed by atoms with Crippen LogP contribution >= 0.6 is 0 Å². The minimum absolute atomic E-state index is 0.00481. The molecule has 0 aliphatic heterocycles. The highest BCUT2D eigenvalue weighted by Gasteiger charge is 2.09. The van der Waals surface area contributed by atoms with E-state index in [1.165, 1.54) is 0 Å². The fourth-order valence-corrected chi connectivity index (χ4v) is 1.12. The van der Waals surface area contributed by atoms with Crippen LogP contribution in [0.1, 0.15) is 6.92 Å². The molecule has 0 aromatic heterocycles. The summed E-state index contributed by atoms with van der Waals surface area (Å²) in [6, 6.07) is 9.12. The van der Waals surface area contributed by atoms with Gasteiger partial charge < -0.3 is 9.94 Å². The quantitative estimate of drug-likeness (QED) is 0.436. The summed E-state index contributed by atoms with van der Waals surface area (Å²) in [5.74, 6) is -0.363. The van der Waals surface area contributed by atoms with Crippen LogP contribution in [-0.4, -0.2) is 36.1 Å². The number of rotatable bonds is 7. The Labute approximate surface area is 105 Å². The van der Waals surface area contributed by atoms with Crippen molar-refractivity contribution in [1.82, 2.24) is 0 Å². The third-order valence-electron chi connectivity index (χ3n) is 1.98. The minimum atomic E-state index is -0.363. The summed E-state index contributed by atoms with van der Waals surface area (Å²) in [5.41, 5.74) is 3.42. The zero-order valence-corrected chi connectivity index (χ0v) is 10.0. The summed E-state index contributed by atoms with van der Waals surface area (Å²) in [4.78, 5) is 11.6. The Hall–Kier alpha value is -2.21. The number of ketones is 1. The molecule has 18 heavy (non-hydrogen) atoms. The molecule has 0 fully saturated rings. The molecule has 2 N–H and O–H groups in total. The van der Waals surface area contributed by atoms with E-state index in [1.54, 1.807) is 19.1 Å². The van der Waals surface area contributed by atoms with E-state index in [2.05, 4.69) is 15.7 Å². The highest BCUT2D eigenvalue weighted by molar-refractivity contribution is 6.61. The number of hydrogen-bond donors (Lipinski definition) is 2. The van der Waals surface area contributed by atoms with Crippen molar-refractivity contribution >= 4 is 23.4 Å². The molecule has 0 aliphatic carbocycles. The zero-order valence-electron chi connectivity index (χ0n) is 10.0. The minimum Gasteiger partial charge on any atom is -0.411 e. The van der Waals surface area contributed by atoms with Crippen LogP contribution in [0.25, 0.3) is 0 Å². The third-order valence-corrected chi connectivity index (χ3v) is 1.98. The fraction of sp³-hybridized carbons (Fsp3) is 0.250. The van der Waals surface area contributed by atoms with Gasteiger partial charge in [0.1, 0.15) is 6.61 Å². The lowest BCUT2D eigenvalue weighted by Gasteiger charge is -2.02. The molecule has 0 bridgehead atoms. The maximum Gasteiger partial charge on any atom is 0.210 e. The van der Waals surface area contributed by atoms with Gasteiger partial charge in [0.2, 0.25) is 5.78 Å². The summed E-state index contributed by atoms with van der Waals surface area (Å²) >= 11 is 0. The summed E-state index contributed by atoms with van der Waals surface area (Å²) in [6.07, 6.45) is 0.970. The number of para-hydroxylation sites is 1. The third kappa shape index (κ3) is 4.75. The first-order chi connectivity index (χ1) is 8.77. The number of hydrogen-bond acceptors (Lipinski definition) is 6. The van der Waals surface area contributed by atoms with Crippen molar-refractivity contribution in [3.63, 3.8) is 0 Å². The largest absolute Gasteiger partial charge is 0.411 e. The molecule has 0 spiro atoms. The van der Waals surface area contributed by atoms with E-state index in [0.717, 1.165) is 11.9 Å². The monoisotopic (exact) mass is 249 g/mol. The zero-order chi connectivity index (χ0) is 13.2. The van der Waals surface area contributed by atoms with Crippen molar-refractivity contribution < 1.29 is 14.7 Å². The molecule has 0 radical (unpaired) electrons. The number of Topliss-reactive ketones (excluding diaryl/α,β-unsaturated/α-hetero) is 1. The second kappa shape index (κ2) is 7.97. The fourth-order valence-electron chi connectivity index (χ4n) is 1.12. The van der Waals surface area contributed by atoms with Crippen molar-refractivity contribution in [2.75, 3.05) is 18.6 Å². The van der Waals surface area contributed by atoms with Gasteiger partial charge in [-0.05, 0) is 19.1 Å². The number of oxime groups is 1. The van der Waals surface area contributed by atoms with Gasteiger partial charge in [-0.15, -0.1) is 0 Å². The van der Waals surface area contributed by atoms with Gasteiger partial charge in [-0.1, -0.05) is 23.4 Å². The molecule has 96 valence electrons. The maximum absolute atomic E-state index is 11.6. The normalized spacial score (nSPS) is 11.7. The molecule has 0 aliphatic rings. The lowest BCUT2D eigenvalue weighted by atomic mass is 10.3. The highest BCUT2D eigenvalue weighted by atomic mass is 16.5. The topological polar surface area (TPSA) is 83.3 Å². The number of anilines is 1. The van der Waals surface area contributed by atoms with Gasteiger partial charge >= 0.3 is 0 Å². The van der Waals surface area contributed by atoms with Crippen LogP contribution in [0, 0.1) is 0 Å². The van der Waals surface area contributed by atoms with Crippen molar-refractivity contribution in [3.8, 4) is 0 Å². The van der Waals surface area contributed by atoms with Gasteiger partial charge in [-0.2, -0.15) is 5.10 Å². The Morgan fingerprint density at radius 2 is 2.17 bits per heavy atom. The van der Waals surface area contributed by atoms with E-state index in [1.807, 2.05) is 18.2 Å². The standard InChI is InChI=1S/C12H15N3O3/c1-2-18-9-12(16)11(8-13-17)15-14-10-6-4-3-5-7-10/h3-8,14,17H,2,9H2,1H3/b13-8+,15-11+. The van der Waals surface area contributed by atoms with Gasteiger partial charge in [0, 0.05) is 6.61 Å². The molecule has 1 aromatic carbocycles. The van der Waals surface area contributed by atoms with E-state index in [4.69, 9.17) is 9.94 Å². The van der Waals surface area contributed by atoms with Crippen LogP contribution in [-0.2, 0) is 9.53 Å². The van der Waals surface area contributed by atoms with Gasteiger partial charge in [0.25, 0.3) is 0 Å². The smallest absolute Gasteiger partial charge is 0.210 e. The Morgan fingerprint density at radius 3 is 2.78 bits per heavy atom. The maximum atomic E-state index is 11.6. The molecule has 6 heteroatoms. The number of ether oxygens (including phenoxy) is 1. The first-order valence-electron chi connectivity index (χ1n) is 5.45. The number of nitrogens with one attached hydrogen (secondary N) is 1. The SMILES string of the molecule is CCOCC(=O)C(/C=N/O)=N/Nc1ccccc1. The van der Waals surface area contributed by atoms with Crippen LogP contribution in [0.4, 0.5) is 5.69 Å². The molecular weight excluding hydrogens is 234 g/mol. The Bertz CT molecular complexity index is 429. The number of carbonyl (C=O) groups excluding carboxylic acids is 1. The van der Waals surface area contributed by atoms with Gasteiger partial charge in [0.15, 0.2) is 5.71 Å². The molecular formula is C12H15N3O3. The molecule has 0 saturated heterocycles. The van der Waals surface area contributed by atoms with E-state index < -0.39 is 0 Å². The highest BCUT2D eigenvalue weighted by Crippen LogP contribution is 2.04. The van der Waals surface area contributed by atoms with Gasteiger partial charge in [-0.3, -0.25) is 10.2 Å². The van der Waals surface area contributed by atoms with Gasteiger partial charge in [0.05, 0.1) is 11.9 Å². The summed E-state index contributed by atoms with van der Waals surface area (Å²) in [5, 5.41) is 15.1. The van der Waals surface area contributed by atoms with Crippen LogP contribution in [0.2, 0.25) is 0 Å². The number of nitrogens with zero attached hydrogens (tertiary/aromatic N) is 2. The van der Waals surface area contributed by atoms with Gasteiger partial charge in [-0.25, -0.2) is 0 Å². The molecule has 0 saturated carbocycles. The number of benzene rings is 1. The van der Waals surface area contributed by atoms with Crippen molar-refractivity contribution in [2.24, 2.45) is 10.3 Å². The number of carbonyl (C=O) groups is 1. The van der Waals surface area contributed by atoms with Crippen LogP contribution in [0.15, 0.2) is 40.6 Å².